The van der Waals surface area contributed by atoms with Gasteiger partial charge in [0.05, 0.1) is 30.3 Å². The zero-order valence-corrected chi connectivity index (χ0v) is 21.8. The number of rotatable bonds is 11. The molecule has 0 spiro atoms. The summed E-state index contributed by atoms with van der Waals surface area (Å²) in [6.07, 6.45) is 1.62. The molecule has 3 heterocycles. The van der Waals surface area contributed by atoms with Crippen LogP contribution < -0.4 is 20.9 Å². The number of aryl methyl sites for hydroxylation is 1. The Labute approximate surface area is 214 Å². The van der Waals surface area contributed by atoms with E-state index < -0.39 is 0 Å². The number of aromatic nitrogens is 2. The van der Waals surface area contributed by atoms with Gasteiger partial charge in [0.1, 0.15) is 5.75 Å². The molecule has 2 aromatic heterocycles. The van der Waals surface area contributed by atoms with Gasteiger partial charge in [0.15, 0.2) is 0 Å². The first-order chi connectivity index (χ1) is 17.5. The van der Waals surface area contributed by atoms with Crippen LogP contribution in [0.2, 0.25) is 0 Å². The second-order valence-electron chi connectivity index (χ2n) is 8.82. The van der Waals surface area contributed by atoms with Gasteiger partial charge in [-0.3, -0.25) is 23.6 Å². The van der Waals surface area contributed by atoms with Gasteiger partial charge in [0, 0.05) is 63.0 Å². The Hall–Kier alpha value is -3.11. The third-order valence-electron chi connectivity index (χ3n) is 6.63. The lowest BCUT2D eigenvalue weighted by molar-refractivity contribution is -0.143. The molecule has 1 saturated heterocycles. The van der Waals surface area contributed by atoms with Crippen LogP contribution >= 0.6 is 11.3 Å². The molecule has 9 nitrogen and oxygen atoms in total. The fraction of sp³-hybridized carbons (Fsp3) is 0.500. The summed E-state index contributed by atoms with van der Waals surface area (Å²) in [6, 6.07) is 8.02. The fourth-order valence-electron chi connectivity index (χ4n) is 4.67. The summed E-state index contributed by atoms with van der Waals surface area (Å²) in [5.74, 6) is 0.644. The zero-order valence-electron chi connectivity index (χ0n) is 21.0. The minimum Gasteiger partial charge on any atom is -0.495 e. The normalized spacial score (nSPS) is 14.3. The highest BCUT2D eigenvalue weighted by Crippen LogP contribution is 2.28. The average Bonchev–Trinajstić information content (AvgIpc) is 3.39. The minimum atomic E-state index is -0.283. The number of carbonyl (C=O) groups is 1. The highest BCUT2D eigenvalue weighted by molar-refractivity contribution is 7.09. The standard InChI is InChI=1S/C26H34N4O5S/c1-3-35-24(31)10-6-7-11-29-22-19-36-18-20(22)25(32)30(26(29)33)17-14-27-12-15-28(16-13-27)21-8-4-5-9-23(21)34-2/h4-5,8-9,18-19H,3,6-7,10-17H2,1-2H3. The molecule has 0 saturated carbocycles. The molecule has 1 fully saturated rings. The van der Waals surface area contributed by atoms with E-state index in [1.165, 1.54) is 15.9 Å². The number of para-hydroxylation sites is 2. The zero-order chi connectivity index (χ0) is 25.5. The van der Waals surface area contributed by atoms with Crippen molar-refractivity contribution in [2.45, 2.75) is 39.3 Å². The number of piperazine rings is 1. The molecule has 0 unspecified atom stereocenters. The third-order valence-corrected chi connectivity index (χ3v) is 7.36. The summed E-state index contributed by atoms with van der Waals surface area (Å²) in [7, 11) is 1.68. The number of esters is 1. The number of hydrogen-bond acceptors (Lipinski definition) is 8. The Balaban J connectivity index is 1.40. The van der Waals surface area contributed by atoms with Crippen LogP contribution in [0.3, 0.4) is 0 Å². The Morgan fingerprint density at radius 3 is 2.50 bits per heavy atom. The fourth-order valence-corrected chi connectivity index (χ4v) is 5.48. The Bertz CT molecular complexity index is 1290. The predicted molar refractivity (Wildman–Crippen MR) is 142 cm³/mol. The van der Waals surface area contributed by atoms with Crippen molar-refractivity contribution < 1.29 is 14.3 Å². The lowest BCUT2D eigenvalue weighted by Gasteiger charge is -2.36. The van der Waals surface area contributed by atoms with Gasteiger partial charge < -0.3 is 14.4 Å². The van der Waals surface area contributed by atoms with E-state index in [2.05, 4.69) is 15.9 Å². The van der Waals surface area contributed by atoms with Gasteiger partial charge >= 0.3 is 11.7 Å². The molecular weight excluding hydrogens is 480 g/mol. The van der Waals surface area contributed by atoms with Crippen LogP contribution in [-0.4, -0.2) is 66.4 Å². The number of methoxy groups -OCH3 is 1. The molecule has 1 aromatic carbocycles. The maximum Gasteiger partial charge on any atom is 0.331 e. The molecule has 0 atom stereocenters. The van der Waals surface area contributed by atoms with Gasteiger partial charge in [-0.25, -0.2) is 4.79 Å². The van der Waals surface area contributed by atoms with Crippen molar-refractivity contribution in [2.24, 2.45) is 0 Å². The van der Waals surface area contributed by atoms with Crippen molar-refractivity contribution in [3.05, 3.63) is 55.9 Å². The van der Waals surface area contributed by atoms with Crippen molar-refractivity contribution in [2.75, 3.05) is 51.3 Å². The van der Waals surface area contributed by atoms with Gasteiger partial charge in [-0.15, -0.1) is 11.3 Å². The molecule has 4 rings (SSSR count). The molecule has 36 heavy (non-hydrogen) atoms. The number of ether oxygens (including phenoxy) is 2. The van der Waals surface area contributed by atoms with E-state index in [1.54, 1.807) is 18.6 Å². The predicted octanol–water partition coefficient (Wildman–Crippen LogP) is 2.79. The smallest absolute Gasteiger partial charge is 0.331 e. The highest BCUT2D eigenvalue weighted by atomic mass is 32.1. The van der Waals surface area contributed by atoms with Crippen molar-refractivity contribution >= 4 is 33.9 Å². The monoisotopic (exact) mass is 514 g/mol. The molecule has 1 aliphatic heterocycles. The molecular formula is C26H34N4O5S. The molecule has 0 N–H and O–H groups in total. The van der Waals surface area contributed by atoms with E-state index >= 15 is 0 Å². The van der Waals surface area contributed by atoms with Crippen LogP contribution in [0.5, 0.6) is 5.75 Å². The van der Waals surface area contributed by atoms with Crippen LogP contribution in [0.4, 0.5) is 5.69 Å². The summed E-state index contributed by atoms with van der Waals surface area (Å²) in [5, 5.41) is 4.24. The first kappa shape index (κ1) is 26.0. The summed E-state index contributed by atoms with van der Waals surface area (Å²) in [6.45, 7) is 6.98. The first-order valence-corrected chi connectivity index (χ1v) is 13.4. The molecule has 0 radical (unpaired) electrons. The molecule has 0 aliphatic carbocycles. The number of fused-ring (bicyclic) bond motifs is 1. The van der Waals surface area contributed by atoms with Gasteiger partial charge in [0.25, 0.3) is 5.56 Å². The maximum absolute atomic E-state index is 13.3. The largest absolute Gasteiger partial charge is 0.495 e. The number of thiophene rings is 1. The number of anilines is 1. The number of hydrogen-bond donors (Lipinski definition) is 0. The molecule has 194 valence electrons. The summed E-state index contributed by atoms with van der Waals surface area (Å²) in [4.78, 5) is 42.6. The van der Waals surface area contributed by atoms with Crippen molar-refractivity contribution in [1.82, 2.24) is 14.0 Å². The van der Waals surface area contributed by atoms with Crippen molar-refractivity contribution in [1.29, 1.82) is 0 Å². The van der Waals surface area contributed by atoms with E-state index in [-0.39, 0.29) is 17.2 Å². The molecule has 3 aromatic rings. The average molecular weight is 515 g/mol. The lowest BCUT2D eigenvalue weighted by atomic mass is 10.2. The van der Waals surface area contributed by atoms with Gasteiger partial charge in [-0.2, -0.15) is 0 Å². The number of unbranched alkanes of at least 4 members (excludes halogenated alkanes) is 1. The van der Waals surface area contributed by atoms with Crippen LogP contribution in [0, 0.1) is 0 Å². The highest BCUT2D eigenvalue weighted by Gasteiger charge is 2.20. The second-order valence-corrected chi connectivity index (χ2v) is 9.57. The molecule has 0 bridgehead atoms. The van der Waals surface area contributed by atoms with Gasteiger partial charge in [-0.05, 0) is 31.9 Å². The Morgan fingerprint density at radius 2 is 1.75 bits per heavy atom. The topological polar surface area (TPSA) is 86.0 Å². The number of nitrogens with zero attached hydrogens (tertiary/aromatic N) is 4. The SMILES string of the molecule is CCOC(=O)CCCCn1c(=O)n(CCN2CCN(c3ccccc3OC)CC2)c(=O)c2cscc21. The molecule has 10 heteroatoms. The van der Waals surface area contributed by atoms with E-state index in [4.69, 9.17) is 9.47 Å². The summed E-state index contributed by atoms with van der Waals surface area (Å²) >= 11 is 1.42. The van der Waals surface area contributed by atoms with Crippen LogP contribution in [0.15, 0.2) is 44.6 Å². The lowest BCUT2D eigenvalue weighted by Crippen LogP contribution is -2.49. The van der Waals surface area contributed by atoms with Gasteiger partial charge in [-0.1, -0.05) is 12.1 Å². The molecule has 1 aliphatic rings. The van der Waals surface area contributed by atoms with E-state index in [1.807, 2.05) is 29.0 Å². The van der Waals surface area contributed by atoms with E-state index in [0.29, 0.717) is 56.4 Å². The third kappa shape index (κ3) is 5.82. The van der Waals surface area contributed by atoms with E-state index in [9.17, 15) is 14.4 Å². The first-order valence-electron chi connectivity index (χ1n) is 12.5. The molecule has 0 amide bonds. The van der Waals surface area contributed by atoms with Crippen LogP contribution in [0.25, 0.3) is 10.9 Å². The maximum atomic E-state index is 13.3. The van der Waals surface area contributed by atoms with E-state index in [0.717, 1.165) is 37.6 Å². The summed E-state index contributed by atoms with van der Waals surface area (Å²) in [5.41, 5.74) is 1.25. The van der Waals surface area contributed by atoms with Crippen LogP contribution in [-0.2, 0) is 22.6 Å². The Kier molecular flexibility index (Phi) is 8.82. The van der Waals surface area contributed by atoms with Crippen LogP contribution in [0.1, 0.15) is 26.2 Å². The Morgan fingerprint density at radius 1 is 0.972 bits per heavy atom. The van der Waals surface area contributed by atoms with Crippen molar-refractivity contribution in [3.63, 3.8) is 0 Å². The summed E-state index contributed by atoms with van der Waals surface area (Å²) < 4.78 is 13.5. The van der Waals surface area contributed by atoms with Crippen molar-refractivity contribution in [3.8, 4) is 5.75 Å². The quantitative estimate of drug-likeness (QED) is 0.287. The van der Waals surface area contributed by atoms with Gasteiger partial charge in [0.2, 0.25) is 0 Å². The number of benzene rings is 1. The number of carbonyl (C=O) groups excluding carboxylic acids is 1. The second kappa shape index (κ2) is 12.2. The minimum absolute atomic E-state index is 0.221.